The van der Waals surface area contributed by atoms with Crippen molar-refractivity contribution in [3.8, 4) is 0 Å². The lowest BCUT2D eigenvalue weighted by Crippen LogP contribution is -2.37. The number of nitrogens with zero attached hydrogens (tertiary/aromatic N) is 1. The molecule has 0 amide bonds. The molecule has 1 saturated carbocycles. The standard InChI is InChI=1S/C17H19NO3S/c1-21-17(20)15-12-9-22-16(10-5-3-2-4-6-10)18(12)11-7-8-13(19)14(11)15/h2-6,11-12,14-16H,7-9H2,1H3/t11-,12-,14-,15+,16+/m0/s1. The normalized spacial score (nSPS) is 37.1. The van der Waals surface area contributed by atoms with Gasteiger partial charge in [-0.05, 0) is 12.0 Å². The highest BCUT2D eigenvalue weighted by atomic mass is 32.2. The summed E-state index contributed by atoms with van der Waals surface area (Å²) in [5.74, 6) is 0.467. The fourth-order valence-electron chi connectivity index (χ4n) is 4.43. The van der Waals surface area contributed by atoms with Gasteiger partial charge in [-0.3, -0.25) is 14.5 Å². The first-order valence-electron chi connectivity index (χ1n) is 7.77. The van der Waals surface area contributed by atoms with E-state index in [2.05, 4.69) is 17.0 Å². The Kier molecular flexibility index (Phi) is 3.50. The Hall–Kier alpha value is -1.33. The van der Waals surface area contributed by atoms with Crippen LogP contribution < -0.4 is 0 Å². The number of ketones is 1. The van der Waals surface area contributed by atoms with Crippen molar-refractivity contribution in [1.29, 1.82) is 0 Å². The van der Waals surface area contributed by atoms with Gasteiger partial charge in [0, 0.05) is 30.2 Å². The Bertz CT molecular complexity index is 605. The van der Waals surface area contributed by atoms with Crippen LogP contribution in [-0.4, -0.2) is 41.6 Å². The maximum atomic E-state index is 12.3. The SMILES string of the molecule is COC(=O)[C@H]1[C@@H]2C(=O)CC[C@@H]2N2[C@@H](c3ccccc3)SC[C@@H]12. The predicted molar refractivity (Wildman–Crippen MR) is 84.3 cm³/mol. The number of thioether (sulfide) groups is 1. The highest BCUT2D eigenvalue weighted by molar-refractivity contribution is 7.99. The Morgan fingerprint density at radius 2 is 2.05 bits per heavy atom. The van der Waals surface area contributed by atoms with Crippen LogP contribution in [0, 0.1) is 11.8 Å². The quantitative estimate of drug-likeness (QED) is 0.783. The third-order valence-electron chi connectivity index (χ3n) is 5.29. The Labute approximate surface area is 134 Å². The third-order valence-corrected chi connectivity index (χ3v) is 6.66. The van der Waals surface area contributed by atoms with Gasteiger partial charge in [-0.25, -0.2) is 0 Å². The second-order valence-electron chi connectivity index (χ2n) is 6.26. The van der Waals surface area contributed by atoms with Gasteiger partial charge in [0.05, 0.1) is 18.4 Å². The van der Waals surface area contributed by atoms with Crippen LogP contribution in [0.2, 0.25) is 0 Å². The fraction of sp³-hybridized carbons (Fsp3) is 0.529. The molecule has 0 N–H and O–H groups in total. The lowest BCUT2D eigenvalue weighted by atomic mass is 9.88. The molecule has 3 fully saturated rings. The van der Waals surface area contributed by atoms with E-state index < -0.39 is 0 Å². The van der Waals surface area contributed by atoms with Crippen LogP contribution in [0.1, 0.15) is 23.8 Å². The molecule has 3 aliphatic rings. The number of ether oxygens (including phenoxy) is 1. The van der Waals surface area contributed by atoms with E-state index in [-0.39, 0.29) is 41.0 Å². The second-order valence-corrected chi connectivity index (χ2v) is 7.37. The van der Waals surface area contributed by atoms with Crippen molar-refractivity contribution in [2.24, 2.45) is 11.8 Å². The van der Waals surface area contributed by atoms with Crippen LogP contribution in [0.25, 0.3) is 0 Å². The molecule has 1 aliphatic carbocycles. The number of rotatable bonds is 2. The number of hydrogen-bond acceptors (Lipinski definition) is 5. The van der Waals surface area contributed by atoms with Gasteiger partial charge in [-0.2, -0.15) is 0 Å². The fourth-order valence-corrected chi connectivity index (χ4v) is 6.03. The zero-order valence-electron chi connectivity index (χ0n) is 12.5. The van der Waals surface area contributed by atoms with Crippen LogP contribution >= 0.6 is 11.8 Å². The van der Waals surface area contributed by atoms with Gasteiger partial charge >= 0.3 is 5.97 Å². The molecule has 0 unspecified atom stereocenters. The summed E-state index contributed by atoms with van der Waals surface area (Å²) in [5, 5.41) is 0.249. The molecule has 116 valence electrons. The van der Waals surface area contributed by atoms with Crippen LogP contribution in [0.3, 0.4) is 0 Å². The molecule has 2 aliphatic heterocycles. The van der Waals surface area contributed by atoms with Crippen molar-refractivity contribution in [3.63, 3.8) is 0 Å². The molecule has 5 atom stereocenters. The summed E-state index contributed by atoms with van der Waals surface area (Å²) in [5.41, 5.74) is 1.26. The Morgan fingerprint density at radius 3 is 2.77 bits per heavy atom. The zero-order valence-corrected chi connectivity index (χ0v) is 13.3. The van der Waals surface area contributed by atoms with E-state index in [1.165, 1.54) is 12.7 Å². The number of benzene rings is 1. The average Bonchev–Trinajstić information content (AvgIpc) is 3.20. The summed E-state index contributed by atoms with van der Waals surface area (Å²) in [4.78, 5) is 27.0. The molecule has 2 heterocycles. The molecular weight excluding hydrogens is 298 g/mol. The molecule has 5 heteroatoms. The molecule has 2 saturated heterocycles. The van der Waals surface area contributed by atoms with Crippen molar-refractivity contribution in [1.82, 2.24) is 4.90 Å². The van der Waals surface area contributed by atoms with Crippen molar-refractivity contribution >= 4 is 23.5 Å². The topological polar surface area (TPSA) is 46.6 Å². The minimum absolute atomic E-state index is 0.127. The largest absolute Gasteiger partial charge is 0.469 e. The number of carbonyl (C=O) groups excluding carboxylic acids is 2. The molecule has 4 nitrogen and oxygen atoms in total. The summed E-state index contributed by atoms with van der Waals surface area (Å²) in [6, 6.07) is 10.7. The molecule has 22 heavy (non-hydrogen) atoms. The van der Waals surface area contributed by atoms with Gasteiger partial charge in [0.2, 0.25) is 0 Å². The van der Waals surface area contributed by atoms with E-state index >= 15 is 0 Å². The van der Waals surface area contributed by atoms with E-state index in [1.807, 2.05) is 30.0 Å². The van der Waals surface area contributed by atoms with Crippen LogP contribution in [0.4, 0.5) is 0 Å². The summed E-state index contributed by atoms with van der Waals surface area (Å²) in [6.07, 6.45) is 1.47. The van der Waals surface area contributed by atoms with Crippen LogP contribution in [0.5, 0.6) is 0 Å². The summed E-state index contributed by atoms with van der Waals surface area (Å²) >= 11 is 1.88. The number of esters is 1. The van der Waals surface area contributed by atoms with Crippen molar-refractivity contribution in [3.05, 3.63) is 35.9 Å². The van der Waals surface area contributed by atoms with Crippen molar-refractivity contribution < 1.29 is 14.3 Å². The van der Waals surface area contributed by atoms with Crippen LogP contribution in [-0.2, 0) is 14.3 Å². The van der Waals surface area contributed by atoms with E-state index in [0.717, 1.165) is 12.2 Å². The summed E-state index contributed by atoms with van der Waals surface area (Å²) in [6.45, 7) is 0. The van der Waals surface area contributed by atoms with E-state index in [0.29, 0.717) is 6.42 Å². The number of fused-ring (bicyclic) bond motifs is 3. The summed E-state index contributed by atoms with van der Waals surface area (Å²) in [7, 11) is 1.43. The van der Waals surface area contributed by atoms with Crippen molar-refractivity contribution in [2.45, 2.75) is 30.3 Å². The Balaban J connectivity index is 1.71. The third kappa shape index (κ3) is 1.95. The number of methoxy groups -OCH3 is 1. The van der Waals surface area contributed by atoms with Gasteiger partial charge in [-0.15, -0.1) is 11.8 Å². The Morgan fingerprint density at radius 1 is 1.27 bits per heavy atom. The first-order chi connectivity index (χ1) is 10.7. The molecule has 1 aromatic carbocycles. The minimum atomic E-state index is -0.286. The molecule has 0 aromatic heterocycles. The lowest BCUT2D eigenvalue weighted by molar-refractivity contribution is -0.149. The molecule has 0 spiro atoms. The maximum absolute atomic E-state index is 12.3. The average molecular weight is 317 g/mol. The van der Waals surface area contributed by atoms with Gasteiger partial charge in [0.1, 0.15) is 5.78 Å². The summed E-state index contributed by atoms with van der Waals surface area (Å²) < 4.78 is 5.01. The maximum Gasteiger partial charge on any atom is 0.311 e. The number of hydrogen-bond donors (Lipinski definition) is 0. The lowest BCUT2D eigenvalue weighted by Gasteiger charge is -2.29. The van der Waals surface area contributed by atoms with Crippen molar-refractivity contribution in [2.75, 3.05) is 12.9 Å². The number of Topliss-reactive ketones (excluding diaryl/α,β-unsaturated/α-hetero) is 1. The van der Waals surface area contributed by atoms with Gasteiger partial charge < -0.3 is 4.74 Å². The van der Waals surface area contributed by atoms with E-state index in [4.69, 9.17) is 4.74 Å². The van der Waals surface area contributed by atoms with E-state index in [9.17, 15) is 9.59 Å². The molecule has 0 radical (unpaired) electrons. The monoisotopic (exact) mass is 317 g/mol. The second kappa shape index (κ2) is 5.39. The molecule has 1 aromatic rings. The van der Waals surface area contributed by atoms with Crippen LogP contribution in [0.15, 0.2) is 30.3 Å². The van der Waals surface area contributed by atoms with Gasteiger partial charge in [0.15, 0.2) is 0 Å². The zero-order chi connectivity index (χ0) is 15.3. The minimum Gasteiger partial charge on any atom is -0.469 e. The number of carbonyl (C=O) groups is 2. The van der Waals surface area contributed by atoms with E-state index in [1.54, 1.807) is 0 Å². The molecule has 0 bridgehead atoms. The van der Waals surface area contributed by atoms with Gasteiger partial charge in [-0.1, -0.05) is 30.3 Å². The highest BCUT2D eigenvalue weighted by Gasteiger charge is 2.61. The smallest absolute Gasteiger partial charge is 0.311 e. The molecule has 4 rings (SSSR count). The molecular formula is C17H19NO3S. The first kappa shape index (κ1) is 14.3. The highest BCUT2D eigenvalue weighted by Crippen LogP contribution is 2.55. The van der Waals surface area contributed by atoms with Gasteiger partial charge in [0.25, 0.3) is 0 Å². The first-order valence-corrected chi connectivity index (χ1v) is 8.82. The predicted octanol–water partition coefficient (Wildman–Crippen LogP) is 2.25.